The van der Waals surface area contributed by atoms with E-state index >= 15 is 0 Å². The van der Waals surface area contributed by atoms with Crippen LogP contribution >= 0.6 is 0 Å². The van der Waals surface area contributed by atoms with Gasteiger partial charge < -0.3 is 57.8 Å². The van der Waals surface area contributed by atoms with E-state index in [0.717, 1.165) is 55.7 Å². The van der Waals surface area contributed by atoms with Gasteiger partial charge in [0.1, 0.15) is 11.3 Å². The molecule has 2 aromatic heterocycles. The summed E-state index contributed by atoms with van der Waals surface area (Å²) in [5, 5.41) is 17.3. The topological polar surface area (TPSA) is 213 Å². The highest BCUT2D eigenvalue weighted by atomic mass is 16.6. The molecular weight excluding hydrogens is 821 g/mol. The minimum Gasteiger partial charge on any atom is -0.478 e. The number of nitrogens with zero attached hydrogens (tertiary/aromatic N) is 3. The Balaban J connectivity index is 0.000000282. The molecule has 0 amide bonds. The summed E-state index contributed by atoms with van der Waals surface area (Å²) < 4.78 is 50.6. The summed E-state index contributed by atoms with van der Waals surface area (Å²) in [5.41, 5.74) is 1.78. The fraction of sp³-hybridized carbons (Fsp3) is 0.689. The van der Waals surface area contributed by atoms with Gasteiger partial charge in [-0.3, -0.25) is 13.9 Å². The third-order valence-electron chi connectivity index (χ3n) is 10.6. The van der Waals surface area contributed by atoms with Crippen molar-refractivity contribution in [3.8, 4) is 11.4 Å². The first-order chi connectivity index (χ1) is 30.9. The second-order valence-electron chi connectivity index (χ2n) is 15.3. The van der Waals surface area contributed by atoms with Crippen LogP contribution in [-0.4, -0.2) is 161 Å². The molecular formula is C45H70N4O14. The van der Waals surface area contributed by atoms with Crippen LogP contribution < -0.4 is 11.2 Å². The molecule has 1 aromatic carbocycles. The number of aromatic amines is 1. The second-order valence-corrected chi connectivity index (χ2v) is 15.3. The number of aromatic nitrogens is 4. The van der Waals surface area contributed by atoms with Crippen LogP contribution in [0.2, 0.25) is 0 Å². The van der Waals surface area contributed by atoms with Crippen LogP contribution in [0, 0.1) is 11.8 Å². The van der Waals surface area contributed by atoms with E-state index in [9.17, 15) is 14.4 Å². The van der Waals surface area contributed by atoms with Gasteiger partial charge in [0.15, 0.2) is 5.65 Å². The van der Waals surface area contributed by atoms with Gasteiger partial charge in [-0.2, -0.15) is 0 Å². The molecule has 0 unspecified atom stereocenters. The number of carbonyl (C=O) groups is 1. The maximum absolute atomic E-state index is 13.5. The lowest BCUT2D eigenvalue weighted by molar-refractivity contribution is -0.131. The average Bonchev–Trinajstić information content (AvgIpc) is 4.10. The highest BCUT2D eigenvalue weighted by Gasteiger charge is 2.24. The number of hydrogen-bond acceptors (Lipinski definition) is 14. The summed E-state index contributed by atoms with van der Waals surface area (Å²) in [4.78, 5) is 45.5. The monoisotopic (exact) mass is 890 g/mol. The van der Waals surface area contributed by atoms with Crippen molar-refractivity contribution >= 4 is 23.2 Å². The number of ether oxygens (including phenoxy) is 9. The highest BCUT2D eigenvalue weighted by Crippen LogP contribution is 2.28. The number of methoxy groups -OCH3 is 1. The summed E-state index contributed by atoms with van der Waals surface area (Å²) in [7, 11) is 1.64. The quantitative estimate of drug-likeness (QED) is 0.0587. The molecule has 2 heterocycles. The summed E-state index contributed by atoms with van der Waals surface area (Å²) in [6.07, 6.45) is 11.6. The van der Waals surface area contributed by atoms with Gasteiger partial charge in [-0.05, 0) is 49.2 Å². The van der Waals surface area contributed by atoms with Crippen LogP contribution in [-0.2, 0) is 60.5 Å². The number of nitrogens with one attached hydrogen (secondary N) is 1. The van der Waals surface area contributed by atoms with Crippen LogP contribution in [0.1, 0.15) is 56.9 Å². The first-order valence-corrected chi connectivity index (χ1v) is 22.4. The molecule has 2 fully saturated rings. The van der Waals surface area contributed by atoms with Gasteiger partial charge in [-0.1, -0.05) is 49.9 Å². The van der Waals surface area contributed by atoms with Crippen LogP contribution in [0.25, 0.3) is 28.6 Å². The van der Waals surface area contributed by atoms with Crippen molar-refractivity contribution in [3.63, 3.8) is 0 Å². The Labute approximate surface area is 369 Å². The fourth-order valence-corrected chi connectivity index (χ4v) is 7.30. The molecule has 63 heavy (non-hydrogen) atoms. The van der Waals surface area contributed by atoms with E-state index in [1.807, 2.05) is 12.1 Å². The summed E-state index contributed by atoms with van der Waals surface area (Å²) in [5.74, 6) is 0.324. The maximum atomic E-state index is 13.5. The van der Waals surface area contributed by atoms with E-state index in [1.54, 1.807) is 23.8 Å². The molecule has 0 spiro atoms. The minimum atomic E-state index is -1.00. The molecule has 18 heteroatoms. The van der Waals surface area contributed by atoms with Gasteiger partial charge in [0, 0.05) is 31.8 Å². The average molecular weight is 891 g/mol. The molecule has 0 bridgehead atoms. The van der Waals surface area contributed by atoms with E-state index in [4.69, 9.17) is 57.8 Å². The molecule has 3 aromatic rings. The molecule has 18 nitrogen and oxygen atoms in total. The van der Waals surface area contributed by atoms with Crippen LogP contribution in [0.4, 0.5) is 0 Å². The molecule has 0 aliphatic heterocycles. The first kappa shape index (κ1) is 51.8. The van der Waals surface area contributed by atoms with Gasteiger partial charge in [-0.25, -0.2) is 14.6 Å². The summed E-state index contributed by atoms with van der Waals surface area (Å²) in [6.45, 7) is 9.96. The molecule has 2 saturated carbocycles. The Kier molecular flexibility index (Phi) is 26.3. The first-order valence-electron chi connectivity index (χ1n) is 22.4. The molecule has 3 N–H and O–H groups in total. The maximum Gasteiger partial charge on any atom is 0.332 e. The van der Waals surface area contributed by atoms with Crippen molar-refractivity contribution in [1.82, 2.24) is 19.1 Å². The number of aliphatic carboxylic acids is 1. The Morgan fingerprint density at radius 3 is 1.48 bits per heavy atom. The van der Waals surface area contributed by atoms with E-state index in [0.29, 0.717) is 154 Å². The predicted octanol–water partition coefficient (Wildman–Crippen LogP) is 3.79. The van der Waals surface area contributed by atoms with Gasteiger partial charge in [0.25, 0.3) is 5.56 Å². The van der Waals surface area contributed by atoms with Crippen molar-refractivity contribution in [2.75, 3.05) is 126 Å². The number of imidazole rings is 1. The minimum absolute atomic E-state index is 0.0322. The van der Waals surface area contributed by atoms with Crippen molar-refractivity contribution in [2.45, 2.75) is 64.5 Å². The number of benzene rings is 1. The SMILES string of the molecule is COCCOCCOCCOCCOCCOCCOCCOCCOCCO.O=C(O)/C=C/c1ccc(-c2nc3c([nH]2)c(=O)n(CC2CCCC2)c(=O)n3CC2CCCC2)cc1. The Hall–Kier alpha value is -3.82. The zero-order valence-electron chi connectivity index (χ0n) is 37.1. The lowest BCUT2D eigenvalue weighted by atomic mass is 10.1. The highest BCUT2D eigenvalue weighted by molar-refractivity contribution is 5.85. The molecule has 0 radical (unpaired) electrons. The van der Waals surface area contributed by atoms with Crippen molar-refractivity contribution in [1.29, 1.82) is 0 Å². The molecule has 0 saturated heterocycles. The van der Waals surface area contributed by atoms with E-state index in [2.05, 4.69) is 4.98 Å². The fourth-order valence-electron chi connectivity index (χ4n) is 7.30. The number of carboxylic acid groups (broad SMARTS) is 1. The van der Waals surface area contributed by atoms with E-state index < -0.39 is 5.97 Å². The van der Waals surface area contributed by atoms with Gasteiger partial charge >= 0.3 is 11.7 Å². The van der Waals surface area contributed by atoms with Gasteiger partial charge in [-0.15, -0.1) is 0 Å². The number of carboxylic acids is 1. The van der Waals surface area contributed by atoms with Crippen LogP contribution in [0.5, 0.6) is 0 Å². The van der Waals surface area contributed by atoms with Gasteiger partial charge in [0.2, 0.25) is 0 Å². The third-order valence-corrected chi connectivity index (χ3v) is 10.6. The van der Waals surface area contributed by atoms with Crippen LogP contribution in [0.3, 0.4) is 0 Å². The molecule has 5 rings (SSSR count). The lowest BCUT2D eigenvalue weighted by Crippen LogP contribution is -2.42. The molecule has 354 valence electrons. The van der Waals surface area contributed by atoms with E-state index in [1.165, 1.54) is 23.5 Å². The Bertz CT molecular complexity index is 1790. The smallest absolute Gasteiger partial charge is 0.332 e. The standard InChI is InChI=1S/C26H30N4O4.C19H40O10/c31-21(32)14-11-17-9-12-20(13-10-17)23-27-22-24(28-23)29(15-18-5-1-2-6-18)26(34)30(25(22)33)16-19-7-3-4-8-19;1-21-4-5-23-8-9-25-12-13-27-16-17-29-19-18-28-15-14-26-11-10-24-7-6-22-3-2-20/h9-14,18-19H,1-8,15-16H2,(H,27,28)(H,31,32);20H,2-19H2,1H3/b14-11+;. The van der Waals surface area contributed by atoms with Crippen molar-refractivity contribution in [2.24, 2.45) is 11.8 Å². The number of fused-ring (bicyclic) bond motifs is 1. The number of aliphatic hydroxyl groups is 1. The third kappa shape index (κ3) is 20.3. The predicted molar refractivity (Wildman–Crippen MR) is 236 cm³/mol. The summed E-state index contributed by atoms with van der Waals surface area (Å²) in [6, 6.07) is 7.25. The number of H-pyrrole nitrogens is 1. The van der Waals surface area contributed by atoms with Gasteiger partial charge in [0.05, 0.1) is 119 Å². The Morgan fingerprint density at radius 2 is 1.06 bits per heavy atom. The number of hydrogen-bond donors (Lipinski definition) is 3. The molecule has 2 aliphatic rings. The molecule has 2 aliphatic carbocycles. The summed E-state index contributed by atoms with van der Waals surface area (Å²) >= 11 is 0. The Morgan fingerprint density at radius 1 is 0.651 bits per heavy atom. The number of rotatable bonds is 33. The zero-order chi connectivity index (χ0) is 44.7. The second kappa shape index (κ2) is 31.9. The van der Waals surface area contributed by atoms with E-state index in [-0.39, 0.29) is 17.9 Å². The molecule has 0 atom stereocenters. The van der Waals surface area contributed by atoms with Crippen molar-refractivity contribution < 1.29 is 57.6 Å². The zero-order valence-corrected chi connectivity index (χ0v) is 37.1. The normalized spacial score (nSPS) is 14.6. The van der Waals surface area contributed by atoms with Crippen LogP contribution in [0.15, 0.2) is 39.9 Å². The largest absolute Gasteiger partial charge is 0.478 e. The lowest BCUT2D eigenvalue weighted by Gasteiger charge is -2.16. The number of aliphatic hydroxyl groups excluding tert-OH is 1. The van der Waals surface area contributed by atoms with Crippen molar-refractivity contribution in [3.05, 3.63) is 56.7 Å².